The predicted molar refractivity (Wildman–Crippen MR) is 52.2 cm³/mol. The van der Waals surface area contributed by atoms with E-state index < -0.39 is 0 Å². The summed E-state index contributed by atoms with van der Waals surface area (Å²) in [4.78, 5) is 0. The molecule has 0 aliphatic carbocycles. The summed E-state index contributed by atoms with van der Waals surface area (Å²) in [5.74, 6) is 3.43. The van der Waals surface area contributed by atoms with Gasteiger partial charge in [0.2, 0.25) is 0 Å². The van der Waals surface area contributed by atoms with Crippen LogP contribution in [0.3, 0.4) is 0 Å². The molecule has 62 valence electrons. The highest BCUT2D eigenvalue weighted by Crippen LogP contribution is 2.06. The third-order valence-electron chi connectivity index (χ3n) is 1.38. The molecule has 0 nitrogen and oxygen atoms in total. The van der Waals surface area contributed by atoms with Crippen LogP contribution in [-0.4, -0.2) is 17.4 Å². The molecule has 0 radical (unpaired) electrons. The minimum atomic E-state index is 0.834. The average Bonchev–Trinajstić information content (AvgIpc) is 1.97. The maximum atomic E-state index is 5.54. The fourth-order valence-electron chi connectivity index (χ4n) is 0.797. The molecule has 0 amide bonds. The smallest absolute Gasteiger partial charge is 0.0223 e. The molecule has 0 bridgehead atoms. The van der Waals surface area contributed by atoms with Crippen molar-refractivity contribution in [3.05, 3.63) is 0 Å². The van der Waals surface area contributed by atoms with Crippen molar-refractivity contribution in [2.45, 2.75) is 32.6 Å². The summed E-state index contributed by atoms with van der Waals surface area (Å²) < 4.78 is 0. The Bertz CT molecular complexity index is 49.2. The zero-order valence-corrected chi connectivity index (χ0v) is 8.31. The highest BCUT2D eigenvalue weighted by atomic mass is 35.5. The predicted octanol–water partition coefficient (Wildman–Crippen LogP) is 3.54. The fourth-order valence-corrected chi connectivity index (χ4v) is 1.68. The van der Waals surface area contributed by atoms with E-state index in [0.29, 0.717) is 0 Å². The van der Waals surface area contributed by atoms with Crippen LogP contribution in [0.5, 0.6) is 0 Å². The minimum Gasteiger partial charge on any atom is -0.162 e. The first kappa shape index (κ1) is 10.6. The van der Waals surface area contributed by atoms with Crippen LogP contribution < -0.4 is 0 Å². The van der Waals surface area contributed by atoms with Crippen LogP contribution in [0.25, 0.3) is 0 Å². The Hall–Kier alpha value is 0.640. The van der Waals surface area contributed by atoms with Crippen LogP contribution >= 0.6 is 23.4 Å². The van der Waals surface area contributed by atoms with Crippen molar-refractivity contribution >= 4 is 23.4 Å². The van der Waals surface area contributed by atoms with Crippen LogP contribution in [0.15, 0.2) is 0 Å². The van der Waals surface area contributed by atoms with E-state index in [4.69, 9.17) is 11.6 Å². The summed E-state index contributed by atoms with van der Waals surface area (Å²) in [7, 11) is 0. The first-order chi connectivity index (χ1) is 4.91. The lowest BCUT2D eigenvalue weighted by Gasteiger charge is -1.97. The number of unbranched alkanes of at least 4 members (excludes halogenated alkanes) is 3. The lowest BCUT2D eigenvalue weighted by molar-refractivity contribution is 0.709. The summed E-state index contributed by atoms with van der Waals surface area (Å²) in [5, 5.41) is 0. The summed E-state index contributed by atoms with van der Waals surface area (Å²) >= 11 is 7.57. The number of hydrogen-bond donors (Lipinski definition) is 0. The largest absolute Gasteiger partial charge is 0.162 e. The second kappa shape index (κ2) is 9.64. The first-order valence-electron chi connectivity index (χ1n) is 4.05. The van der Waals surface area contributed by atoms with Crippen LogP contribution in [0.1, 0.15) is 32.6 Å². The van der Waals surface area contributed by atoms with Crippen molar-refractivity contribution in [2.24, 2.45) is 0 Å². The Balaban J connectivity index is 2.65. The van der Waals surface area contributed by atoms with E-state index in [2.05, 4.69) is 6.92 Å². The quantitative estimate of drug-likeness (QED) is 0.427. The molecule has 0 heterocycles. The number of rotatable bonds is 7. The molecule has 0 aromatic carbocycles. The molecule has 0 N–H and O–H groups in total. The molecule has 0 spiro atoms. The van der Waals surface area contributed by atoms with Gasteiger partial charge in [0.1, 0.15) is 0 Å². The van der Waals surface area contributed by atoms with Gasteiger partial charge in [-0.15, -0.1) is 11.6 Å². The standard InChI is InChI=1S/C8H17ClS/c1-2-10-8-6-4-3-5-7-9/h2-8H2,1H3. The Kier molecular flexibility index (Phi) is 10.3. The fraction of sp³-hybridized carbons (Fsp3) is 1.00. The second-order valence-corrected chi connectivity index (χ2v) is 4.07. The van der Waals surface area contributed by atoms with Gasteiger partial charge in [-0.25, -0.2) is 0 Å². The van der Waals surface area contributed by atoms with Crippen LogP contribution in [-0.2, 0) is 0 Å². The van der Waals surface area contributed by atoms with Crippen molar-refractivity contribution in [1.82, 2.24) is 0 Å². The molecule has 0 saturated heterocycles. The molecule has 0 atom stereocenters. The minimum absolute atomic E-state index is 0.834. The molecular formula is C8H17ClS. The Morgan fingerprint density at radius 2 is 1.80 bits per heavy atom. The van der Waals surface area contributed by atoms with Gasteiger partial charge >= 0.3 is 0 Å². The van der Waals surface area contributed by atoms with Crippen LogP contribution in [0.4, 0.5) is 0 Å². The highest BCUT2D eigenvalue weighted by Gasteiger charge is 1.88. The van der Waals surface area contributed by atoms with E-state index >= 15 is 0 Å². The molecule has 0 aromatic rings. The van der Waals surface area contributed by atoms with Gasteiger partial charge in [0.05, 0.1) is 0 Å². The number of hydrogen-bond acceptors (Lipinski definition) is 1. The number of halogens is 1. The summed E-state index contributed by atoms with van der Waals surface area (Å²) in [6, 6.07) is 0. The van der Waals surface area contributed by atoms with Crippen molar-refractivity contribution in [2.75, 3.05) is 17.4 Å². The van der Waals surface area contributed by atoms with Crippen molar-refractivity contribution in [3.63, 3.8) is 0 Å². The van der Waals surface area contributed by atoms with E-state index in [1.54, 1.807) is 0 Å². The number of alkyl halides is 1. The zero-order valence-electron chi connectivity index (χ0n) is 6.74. The van der Waals surface area contributed by atoms with Gasteiger partial charge in [0.25, 0.3) is 0 Å². The molecule has 0 saturated carbocycles. The Morgan fingerprint density at radius 3 is 2.40 bits per heavy atom. The Morgan fingerprint density at radius 1 is 1.10 bits per heavy atom. The third kappa shape index (κ3) is 8.64. The average molecular weight is 181 g/mol. The monoisotopic (exact) mass is 180 g/mol. The molecule has 0 aliphatic heterocycles. The molecule has 0 unspecified atom stereocenters. The second-order valence-electron chi connectivity index (χ2n) is 2.30. The van der Waals surface area contributed by atoms with Crippen LogP contribution in [0.2, 0.25) is 0 Å². The van der Waals surface area contributed by atoms with E-state index in [9.17, 15) is 0 Å². The molecular weight excluding hydrogens is 164 g/mol. The van der Waals surface area contributed by atoms with Gasteiger partial charge in [-0.3, -0.25) is 0 Å². The zero-order chi connectivity index (χ0) is 7.66. The molecule has 2 heteroatoms. The number of thioether (sulfide) groups is 1. The topological polar surface area (TPSA) is 0 Å². The maximum Gasteiger partial charge on any atom is 0.0223 e. The lowest BCUT2D eigenvalue weighted by Crippen LogP contribution is -1.82. The van der Waals surface area contributed by atoms with Gasteiger partial charge in [-0.1, -0.05) is 19.8 Å². The van der Waals surface area contributed by atoms with E-state index in [0.717, 1.165) is 5.88 Å². The first-order valence-corrected chi connectivity index (χ1v) is 5.74. The third-order valence-corrected chi connectivity index (χ3v) is 2.63. The van der Waals surface area contributed by atoms with Gasteiger partial charge in [-0.2, -0.15) is 11.8 Å². The molecule has 0 aromatic heterocycles. The van der Waals surface area contributed by atoms with Crippen molar-refractivity contribution in [1.29, 1.82) is 0 Å². The summed E-state index contributed by atoms with van der Waals surface area (Å²) in [6.07, 6.45) is 5.24. The van der Waals surface area contributed by atoms with Crippen LogP contribution in [0, 0.1) is 0 Å². The SMILES string of the molecule is CCSCCCCCCCl. The van der Waals surface area contributed by atoms with Gasteiger partial charge in [0, 0.05) is 5.88 Å². The molecule has 0 fully saturated rings. The summed E-state index contributed by atoms with van der Waals surface area (Å²) in [6.45, 7) is 2.21. The van der Waals surface area contributed by atoms with Gasteiger partial charge in [0.15, 0.2) is 0 Å². The van der Waals surface area contributed by atoms with E-state index in [1.807, 2.05) is 11.8 Å². The molecule has 10 heavy (non-hydrogen) atoms. The summed E-state index contributed by atoms with van der Waals surface area (Å²) in [5.41, 5.74) is 0. The Labute approximate surface area is 73.7 Å². The molecule has 0 rings (SSSR count). The van der Waals surface area contributed by atoms with E-state index in [-0.39, 0.29) is 0 Å². The van der Waals surface area contributed by atoms with Crippen molar-refractivity contribution in [3.8, 4) is 0 Å². The van der Waals surface area contributed by atoms with Gasteiger partial charge < -0.3 is 0 Å². The van der Waals surface area contributed by atoms with E-state index in [1.165, 1.54) is 37.2 Å². The normalized spacial score (nSPS) is 10.2. The highest BCUT2D eigenvalue weighted by molar-refractivity contribution is 7.99. The maximum absolute atomic E-state index is 5.54. The van der Waals surface area contributed by atoms with Crippen molar-refractivity contribution < 1.29 is 0 Å². The van der Waals surface area contributed by atoms with Gasteiger partial charge in [-0.05, 0) is 24.3 Å². The molecule has 0 aliphatic rings. The lowest BCUT2D eigenvalue weighted by atomic mass is 10.2.